The van der Waals surface area contributed by atoms with Gasteiger partial charge < -0.3 is 5.32 Å². The molecule has 1 N–H and O–H groups in total. The molecule has 6 heteroatoms. The minimum absolute atomic E-state index is 0.212. The van der Waals surface area contributed by atoms with Crippen LogP contribution in [0, 0.1) is 11.8 Å². The lowest BCUT2D eigenvalue weighted by atomic mass is 10.2. The van der Waals surface area contributed by atoms with Gasteiger partial charge in [-0.1, -0.05) is 47.7 Å². The molecule has 3 rings (SSSR count). The molecule has 0 unspecified atom stereocenters. The zero-order valence-corrected chi connectivity index (χ0v) is 13.4. The van der Waals surface area contributed by atoms with Gasteiger partial charge in [-0.25, -0.2) is 0 Å². The first-order chi connectivity index (χ1) is 11.7. The molecule has 1 amide bonds. The number of carbonyl (C=O) groups excluding carboxylic acids is 1. The molecular weight excluding hydrogens is 324 g/mol. The predicted molar refractivity (Wildman–Crippen MR) is 92.0 cm³/mol. The molecule has 0 radical (unpaired) electrons. The van der Waals surface area contributed by atoms with Crippen molar-refractivity contribution in [3.8, 4) is 17.5 Å². The Morgan fingerprint density at radius 1 is 1.17 bits per heavy atom. The Hall–Kier alpha value is -3.10. The van der Waals surface area contributed by atoms with Gasteiger partial charge in [0.2, 0.25) is 0 Å². The summed E-state index contributed by atoms with van der Waals surface area (Å²) in [5.74, 6) is 5.48. The maximum atomic E-state index is 12.0. The average Bonchev–Trinajstić information content (AvgIpc) is 3.10. The SMILES string of the molecule is O=C(NCC#Cc1cccc(Cl)c1)c1cnn(-c2ccccc2)n1. The quantitative estimate of drug-likeness (QED) is 0.748. The highest BCUT2D eigenvalue weighted by Crippen LogP contribution is 2.09. The van der Waals surface area contributed by atoms with E-state index in [1.807, 2.05) is 42.5 Å². The van der Waals surface area contributed by atoms with Crippen LogP contribution in [0.2, 0.25) is 5.02 Å². The molecule has 1 aromatic heterocycles. The molecular formula is C18H13ClN4O. The minimum atomic E-state index is -0.322. The van der Waals surface area contributed by atoms with Crippen molar-refractivity contribution in [3.63, 3.8) is 0 Å². The highest BCUT2D eigenvalue weighted by Gasteiger charge is 2.10. The molecule has 0 saturated carbocycles. The Bertz CT molecular complexity index is 909. The van der Waals surface area contributed by atoms with Crippen molar-refractivity contribution < 1.29 is 4.79 Å². The standard InChI is InChI=1S/C18H13ClN4O/c19-15-8-4-6-14(12-15)7-5-11-20-18(24)17-13-21-23(22-17)16-9-2-1-3-10-16/h1-4,6,8-10,12-13H,11H2,(H,20,24). The molecule has 3 aromatic rings. The first-order valence-corrected chi connectivity index (χ1v) is 7.60. The third kappa shape index (κ3) is 4.00. The van der Waals surface area contributed by atoms with Gasteiger partial charge >= 0.3 is 0 Å². The average molecular weight is 337 g/mol. The number of nitrogens with one attached hydrogen (secondary N) is 1. The van der Waals surface area contributed by atoms with Crippen LogP contribution >= 0.6 is 11.6 Å². The molecule has 0 atom stereocenters. The Morgan fingerprint density at radius 2 is 2.00 bits per heavy atom. The highest BCUT2D eigenvalue weighted by molar-refractivity contribution is 6.30. The molecule has 5 nitrogen and oxygen atoms in total. The smallest absolute Gasteiger partial charge is 0.274 e. The fourth-order valence-electron chi connectivity index (χ4n) is 1.98. The van der Waals surface area contributed by atoms with Crippen molar-refractivity contribution in [1.29, 1.82) is 0 Å². The van der Waals surface area contributed by atoms with Crippen LogP contribution in [-0.4, -0.2) is 27.4 Å². The number of benzene rings is 2. The third-order valence-electron chi connectivity index (χ3n) is 3.11. The summed E-state index contributed by atoms with van der Waals surface area (Å²) in [7, 11) is 0. The van der Waals surface area contributed by atoms with Gasteiger partial charge in [0.05, 0.1) is 18.4 Å². The second kappa shape index (κ2) is 7.44. The van der Waals surface area contributed by atoms with E-state index in [1.165, 1.54) is 11.0 Å². The molecule has 0 saturated heterocycles. The van der Waals surface area contributed by atoms with Crippen molar-refractivity contribution in [2.45, 2.75) is 0 Å². The van der Waals surface area contributed by atoms with E-state index in [1.54, 1.807) is 12.1 Å². The number of aromatic nitrogens is 3. The van der Waals surface area contributed by atoms with Crippen LogP contribution < -0.4 is 5.32 Å². The fraction of sp³-hybridized carbons (Fsp3) is 0.0556. The Morgan fingerprint density at radius 3 is 2.79 bits per heavy atom. The number of hydrogen-bond donors (Lipinski definition) is 1. The van der Waals surface area contributed by atoms with Crippen LogP contribution in [0.15, 0.2) is 60.8 Å². The molecule has 0 bridgehead atoms. The lowest BCUT2D eigenvalue weighted by Gasteiger charge is -1.98. The largest absolute Gasteiger partial charge is 0.340 e. The highest BCUT2D eigenvalue weighted by atomic mass is 35.5. The van der Waals surface area contributed by atoms with Crippen molar-refractivity contribution >= 4 is 17.5 Å². The monoisotopic (exact) mass is 336 g/mol. The van der Waals surface area contributed by atoms with Gasteiger partial charge in [0.25, 0.3) is 5.91 Å². The van der Waals surface area contributed by atoms with E-state index in [9.17, 15) is 4.79 Å². The third-order valence-corrected chi connectivity index (χ3v) is 3.34. The molecule has 2 aromatic carbocycles. The number of nitrogens with zero attached hydrogens (tertiary/aromatic N) is 3. The van der Waals surface area contributed by atoms with Crippen molar-refractivity contribution in [2.75, 3.05) is 6.54 Å². The number of para-hydroxylation sites is 1. The summed E-state index contributed by atoms with van der Waals surface area (Å²) in [6.07, 6.45) is 1.42. The first kappa shape index (κ1) is 15.8. The summed E-state index contributed by atoms with van der Waals surface area (Å²) < 4.78 is 0. The van der Waals surface area contributed by atoms with Gasteiger partial charge in [0.1, 0.15) is 0 Å². The van der Waals surface area contributed by atoms with Crippen LogP contribution in [-0.2, 0) is 0 Å². The maximum Gasteiger partial charge on any atom is 0.274 e. The van der Waals surface area contributed by atoms with Crippen LogP contribution in [0.1, 0.15) is 16.1 Å². The summed E-state index contributed by atoms with van der Waals surface area (Å²) in [5.41, 5.74) is 1.83. The van der Waals surface area contributed by atoms with Gasteiger partial charge in [-0.05, 0) is 30.3 Å². The zero-order valence-electron chi connectivity index (χ0n) is 12.6. The summed E-state index contributed by atoms with van der Waals surface area (Å²) in [6.45, 7) is 0.212. The molecule has 0 aliphatic rings. The van der Waals surface area contributed by atoms with E-state index in [0.29, 0.717) is 5.02 Å². The lowest BCUT2D eigenvalue weighted by molar-refractivity contribution is 0.0953. The molecule has 118 valence electrons. The molecule has 0 aliphatic heterocycles. The zero-order chi connectivity index (χ0) is 16.8. The van der Waals surface area contributed by atoms with E-state index < -0.39 is 0 Å². The summed E-state index contributed by atoms with van der Waals surface area (Å²) >= 11 is 5.89. The summed E-state index contributed by atoms with van der Waals surface area (Å²) in [5, 5.41) is 11.6. The van der Waals surface area contributed by atoms with Gasteiger partial charge in [-0.15, -0.1) is 5.10 Å². The number of amides is 1. The van der Waals surface area contributed by atoms with Crippen molar-refractivity contribution in [2.24, 2.45) is 0 Å². The molecule has 1 heterocycles. The Kier molecular flexibility index (Phi) is 4.90. The lowest BCUT2D eigenvalue weighted by Crippen LogP contribution is -2.24. The molecule has 0 fully saturated rings. The van der Waals surface area contributed by atoms with Crippen molar-refractivity contribution in [1.82, 2.24) is 20.3 Å². The minimum Gasteiger partial charge on any atom is -0.340 e. The van der Waals surface area contributed by atoms with E-state index in [4.69, 9.17) is 11.6 Å². The summed E-state index contributed by atoms with van der Waals surface area (Å²) in [4.78, 5) is 13.4. The van der Waals surface area contributed by atoms with Gasteiger partial charge in [0.15, 0.2) is 5.69 Å². The number of carbonyl (C=O) groups is 1. The van der Waals surface area contributed by atoms with Gasteiger partial charge in [-0.3, -0.25) is 4.79 Å². The van der Waals surface area contributed by atoms with Gasteiger partial charge in [0, 0.05) is 10.6 Å². The molecule has 24 heavy (non-hydrogen) atoms. The predicted octanol–water partition coefficient (Wildman–Crippen LogP) is 2.70. The number of halogens is 1. The second-order valence-electron chi connectivity index (χ2n) is 4.85. The number of hydrogen-bond acceptors (Lipinski definition) is 3. The molecule has 0 aliphatic carbocycles. The fourth-order valence-corrected chi connectivity index (χ4v) is 2.17. The maximum absolute atomic E-state index is 12.0. The molecule has 0 spiro atoms. The van der Waals surface area contributed by atoms with E-state index in [2.05, 4.69) is 27.4 Å². The normalized spacial score (nSPS) is 9.88. The Labute approximate surface area is 144 Å². The van der Waals surface area contributed by atoms with Gasteiger partial charge in [-0.2, -0.15) is 9.90 Å². The number of rotatable bonds is 3. The van der Waals surface area contributed by atoms with Crippen LogP contribution in [0.4, 0.5) is 0 Å². The van der Waals surface area contributed by atoms with E-state index >= 15 is 0 Å². The summed E-state index contributed by atoms with van der Waals surface area (Å²) in [6, 6.07) is 16.6. The Balaban J connectivity index is 1.59. The van der Waals surface area contributed by atoms with Crippen LogP contribution in [0.3, 0.4) is 0 Å². The van der Waals surface area contributed by atoms with Crippen LogP contribution in [0.25, 0.3) is 5.69 Å². The van der Waals surface area contributed by atoms with E-state index in [-0.39, 0.29) is 18.1 Å². The van der Waals surface area contributed by atoms with E-state index in [0.717, 1.165) is 11.3 Å². The van der Waals surface area contributed by atoms with Crippen molar-refractivity contribution in [3.05, 3.63) is 77.1 Å². The van der Waals surface area contributed by atoms with Crippen LogP contribution in [0.5, 0.6) is 0 Å². The first-order valence-electron chi connectivity index (χ1n) is 7.23. The second-order valence-corrected chi connectivity index (χ2v) is 5.29. The topological polar surface area (TPSA) is 59.8 Å².